The van der Waals surface area contributed by atoms with Gasteiger partial charge < -0.3 is 30.6 Å². The summed E-state index contributed by atoms with van der Waals surface area (Å²) in [6.07, 6.45) is -3.69. The summed E-state index contributed by atoms with van der Waals surface area (Å²) in [7, 11) is 0. The Balaban J connectivity index is 1.48. The molecule has 4 heterocycles. The molecule has 2 aliphatic heterocycles. The maximum atomic E-state index is 16.5. The molecule has 0 fully saturated rings. The van der Waals surface area contributed by atoms with Gasteiger partial charge in [-0.15, -0.1) is 0 Å². The second kappa shape index (κ2) is 12.1. The molecule has 1 unspecified atom stereocenters. The Morgan fingerprint density at radius 3 is 2.69 bits per heavy atom. The molecule has 2 aromatic carbocycles. The highest BCUT2D eigenvalue weighted by molar-refractivity contribution is 5.96. The largest absolute Gasteiger partial charge is 0.493 e. The first-order chi connectivity index (χ1) is 21.5. The molecule has 6 rings (SSSR count). The Morgan fingerprint density at radius 1 is 1.07 bits per heavy atom. The van der Waals surface area contributed by atoms with Crippen LogP contribution in [-0.2, 0) is 19.0 Å². The lowest BCUT2D eigenvalue weighted by atomic mass is 9.96. The predicted molar refractivity (Wildman–Crippen MR) is 158 cm³/mol. The van der Waals surface area contributed by atoms with Gasteiger partial charge in [0.1, 0.15) is 34.0 Å². The number of nitrogen functional groups attached to an aromatic ring is 1. The van der Waals surface area contributed by atoms with Crippen molar-refractivity contribution < 1.29 is 36.2 Å². The molecule has 0 saturated heterocycles. The van der Waals surface area contributed by atoms with E-state index in [1.165, 1.54) is 0 Å². The zero-order chi connectivity index (χ0) is 31.9. The molecule has 0 bridgehead atoms. The molecule has 45 heavy (non-hydrogen) atoms. The third kappa shape index (κ3) is 6.10. The minimum absolute atomic E-state index is 0.0383. The molecule has 2 aliphatic rings. The Kier molecular flexibility index (Phi) is 8.25. The van der Waals surface area contributed by atoms with Gasteiger partial charge in [0.15, 0.2) is 5.82 Å². The standard InChI is InChI=1S/C31H31F5N6O3/c1-15-5-8-38-9-10-39-28-22-27(41-30(42-28)44-11-6-17-3-4-21-18(13-17)7-12-43-21)25(33)26(40-29(22)45-15)19-14-20(37)24(32)16(2)23(19)31(34,35)36/h3-4,13-15,38H,5-12,37H2,1-2H3,(H,39,41,42). The number of halogens is 5. The van der Waals surface area contributed by atoms with Gasteiger partial charge in [-0.2, -0.15) is 23.1 Å². The van der Waals surface area contributed by atoms with Crippen LogP contribution in [0.1, 0.15) is 35.6 Å². The van der Waals surface area contributed by atoms with Crippen molar-refractivity contribution in [1.29, 1.82) is 0 Å². The predicted octanol–water partition coefficient (Wildman–Crippen LogP) is 5.61. The number of hydrogen-bond donors (Lipinski definition) is 3. The van der Waals surface area contributed by atoms with Crippen LogP contribution in [0.15, 0.2) is 24.3 Å². The van der Waals surface area contributed by atoms with E-state index < -0.39 is 52.0 Å². The fraction of sp³-hybridized carbons (Fsp3) is 0.387. The summed E-state index contributed by atoms with van der Waals surface area (Å²) in [5.74, 6) is -1.63. The number of rotatable bonds is 5. The van der Waals surface area contributed by atoms with Crippen molar-refractivity contribution in [3.8, 4) is 28.9 Å². The number of ether oxygens (including phenoxy) is 3. The van der Waals surface area contributed by atoms with E-state index in [4.69, 9.17) is 19.9 Å². The van der Waals surface area contributed by atoms with Gasteiger partial charge in [0, 0.05) is 31.5 Å². The summed E-state index contributed by atoms with van der Waals surface area (Å²) in [6.45, 7) is 4.97. The van der Waals surface area contributed by atoms with Crippen LogP contribution in [0, 0.1) is 18.6 Å². The first kappa shape index (κ1) is 30.6. The molecule has 0 saturated carbocycles. The number of nitrogens with one attached hydrogen (secondary N) is 2. The lowest BCUT2D eigenvalue weighted by molar-refractivity contribution is -0.137. The zero-order valence-corrected chi connectivity index (χ0v) is 24.6. The zero-order valence-electron chi connectivity index (χ0n) is 24.6. The van der Waals surface area contributed by atoms with Crippen LogP contribution in [0.25, 0.3) is 22.2 Å². The van der Waals surface area contributed by atoms with Crippen LogP contribution in [0.2, 0.25) is 0 Å². The average Bonchev–Trinajstić information content (AvgIpc) is 3.45. The number of aromatic nitrogens is 3. The highest BCUT2D eigenvalue weighted by Gasteiger charge is 2.39. The molecular formula is C31H31F5N6O3. The number of hydrogen-bond acceptors (Lipinski definition) is 9. The van der Waals surface area contributed by atoms with Crippen LogP contribution in [0.3, 0.4) is 0 Å². The Morgan fingerprint density at radius 2 is 1.89 bits per heavy atom. The summed E-state index contributed by atoms with van der Waals surface area (Å²) in [5, 5.41) is 6.41. The monoisotopic (exact) mass is 630 g/mol. The van der Waals surface area contributed by atoms with Crippen molar-refractivity contribution >= 4 is 22.4 Å². The second-order valence-electron chi connectivity index (χ2n) is 11.0. The first-order valence-electron chi connectivity index (χ1n) is 14.6. The van der Waals surface area contributed by atoms with Crippen LogP contribution in [0.5, 0.6) is 17.6 Å². The van der Waals surface area contributed by atoms with E-state index in [0.29, 0.717) is 39.1 Å². The van der Waals surface area contributed by atoms with Crippen molar-refractivity contribution in [2.75, 3.05) is 43.9 Å². The third-order valence-electron chi connectivity index (χ3n) is 7.81. The molecule has 1 atom stereocenters. The summed E-state index contributed by atoms with van der Waals surface area (Å²) in [6, 6.07) is 6.39. The molecule has 0 aliphatic carbocycles. The highest BCUT2D eigenvalue weighted by atomic mass is 19.4. The van der Waals surface area contributed by atoms with E-state index in [0.717, 1.165) is 36.3 Å². The fourth-order valence-electron chi connectivity index (χ4n) is 5.55. The van der Waals surface area contributed by atoms with Crippen LogP contribution >= 0.6 is 0 Å². The molecule has 0 radical (unpaired) electrons. The van der Waals surface area contributed by atoms with E-state index >= 15 is 4.39 Å². The quantitative estimate of drug-likeness (QED) is 0.191. The van der Waals surface area contributed by atoms with Gasteiger partial charge in [-0.3, -0.25) is 0 Å². The van der Waals surface area contributed by atoms with Gasteiger partial charge in [0.25, 0.3) is 0 Å². The van der Waals surface area contributed by atoms with Gasteiger partial charge in [-0.1, -0.05) is 12.1 Å². The summed E-state index contributed by atoms with van der Waals surface area (Å²) in [4.78, 5) is 13.0. The Hall–Kier alpha value is -4.46. The number of nitrogens with two attached hydrogens (primary N) is 1. The van der Waals surface area contributed by atoms with Crippen molar-refractivity contribution in [3.63, 3.8) is 0 Å². The molecule has 9 nitrogen and oxygen atoms in total. The molecule has 4 N–H and O–H groups in total. The van der Waals surface area contributed by atoms with E-state index in [1.54, 1.807) is 6.92 Å². The number of fused-ring (bicyclic) bond motifs is 1. The third-order valence-corrected chi connectivity index (χ3v) is 7.81. The fourth-order valence-corrected chi connectivity index (χ4v) is 5.55. The van der Waals surface area contributed by atoms with E-state index in [1.807, 2.05) is 18.2 Å². The first-order valence-corrected chi connectivity index (χ1v) is 14.6. The lowest BCUT2D eigenvalue weighted by Gasteiger charge is -2.21. The Labute approximate surface area is 255 Å². The normalized spacial score (nSPS) is 16.7. The number of pyridine rings is 1. The molecule has 2 aromatic heterocycles. The Bertz CT molecular complexity index is 1770. The molecule has 238 valence electrons. The van der Waals surface area contributed by atoms with Crippen molar-refractivity contribution in [2.24, 2.45) is 0 Å². The number of nitrogens with zero attached hydrogens (tertiary/aromatic N) is 3. The van der Waals surface area contributed by atoms with E-state index in [2.05, 4.69) is 25.6 Å². The summed E-state index contributed by atoms with van der Waals surface area (Å²) >= 11 is 0. The summed E-state index contributed by atoms with van der Waals surface area (Å²) in [5.41, 5.74) is 3.21. The van der Waals surface area contributed by atoms with Gasteiger partial charge in [0.2, 0.25) is 5.88 Å². The molecule has 4 aromatic rings. The second-order valence-corrected chi connectivity index (χ2v) is 11.0. The molecular weight excluding hydrogens is 599 g/mol. The number of alkyl halides is 3. The maximum Gasteiger partial charge on any atom is 0.417 e. The minimum Gasteiger partial charge on any atom is -0.493 e. The minimum atomic E-state index is -5.05. The van der Waals surface area contributed by atoms with Crippen LogP contribution in [-0.4, -0.2) is 53.9 Å². The van der Waals surface area contributed by atoms with E-state index in [-0.39, 0.29) is 35.2 Å². The number of benzene rings is 2. The van der Waals surface area contributed by atoms with Gasteiger partial charge in [0.05, 0.1) is 30.6 Å². The number of anilines is 2. The van der Waals surface area contributed by atoms with Crippen molar-refractivity contribution in [1.82, 2.24) is 20.3 Å². The molecule has 0 amide bonds. The van der Waals surface area contributed by atoms with Crippen molar-refractivity contribution in [3.05, 3.63) is 58.2 Å². The van der Waals surface area contributed by atoms with Crippen LogP contribution < -0.4 is 30.6 Å². The van der Waals surface area contributed by atoms with Gasteiger partial charge >= 0.3 is 12.2 Å². The topological polar surface area (TPSA) is 116 Å². The average molecular weight is 631 g/mol. The molecule has 0 spiro atoms. The lowest BCUT2D eigenvalue weighted by Crippen LogP contribution is -2.26. The SMILES string of the molecule is Cc1c(F)c(N)cc(-c2nc3c4c(nc(OCCc5ccc6c(c5)CCO6)nc4c2F)NCCNCCC(C)O3)c1C(F)(F)F. The smallest absolute Gasteiger partial charge is 0.417 e. The highest BCUT2D eigenvalue weighted by Crippen LogP contribution is 2.44. The van der Waals surface area contributed by atoms with Crippen molar-refractivity contribution in [2.45, 2.75) is 45.4 Å². The van der Waals surface area contributed by atoms with Gasteiger partial charge in [-0.25, -0.2) is 13.8 Å². The van der Waals surface area contributed by atoms with Gasteiger partial charge in [-0.05, 0) is 55.6 Å². The maximum absolute atomic E-state index is 16.5. The summed E-state index contributed by atoms with van der Waals surface area (Å²) < 4.78 is 91.4. The van der Waals surface area contributed by atoms with Crippen LogP contribution in [0.4, 0.5) is 33.5 Å². The molecule has 14 heteroatoms. The van der Waals surface area contributed by atoms with E-state index in [9.17, 15) is 17.6 Å².